The Hall–Kier alpha value is -3.93. The highest BCUT2D eigenvalue weighted by atomic mass is 16.5. The van der Waals surface area contributed by atoms with Gasteiger partial charge in [0.1, 0.15) is 11.3 Å². The van der Waals surface area contributed by atoms with Crippen LogP contribution in [0.3, 0.4) is 0 Å². The van der Waals surface area contributed by atoms with Crippen LogP contribution in [0.1, 0.15) is 64.7 Å². The number of carbonyl (C=O) groups is 1. The third kappa shape index (κ3) is 4.39. The SMILES string of the molecule is Cc1cc(C)c2oc3c(c(=O)c2c1)[C@@H](c1cccc(OCCC(C)C)c1)N(Cc1cccnc1)C3=O. The standard InChI is InChI=1S/C30H30N2O4/c1-18(2)10-12-35-23-9-5-8-22(15-23)26-25-27(33)24-14-19(3)13-20(4)28(24)36-29(25)30(34)32(26)17-21-7-6-11-31-16-21/h5-9,11,13-16,18,26H,10,12,17H2,1-4H3/t26-/m1/s1. The Kier molecular flexibility index (Phi) is 6.35. The van der Waals surface area contributed by atoms with Crippen molar-refractivity contribution in [3.63, 3.8) is 0 Å². The van der Waals surface area contributed by atoms with Crippen molar-refractivity contribution in [2.24, 2.45) is 5.92 Å². The lowest BCUT2D eigenvalue weighted by molar-refractivity contribution is 0.0714. The molecule has 0 N–H and O–H groups in total. The maximum atomic E-state index is 13.9. The number of nitrogens with zero attached hydrogens (tertiary/aromatic N) is 2. The smallest absolute Gasteiger partial charge is 0.291 e. The monoisotopic (exact) mass is 482 g/mol. The summed E-state index contributed by atoms with van der Waals surface area (Å²) in [5.74, 6) is 1.06. The molecule has 2 aromatic carbocycles. The van der Waals surface area contributed by atoms with E-state index in [0.29, 0.717) is 41.4 Å². The zero-order chi connectivity index (χ0) is 25.4. The van der Waals surface area contributed by atoms with Crippen LogP contribution >= 0.6 is 0 Å². The van der Waals surface area contributed by atoms with Crippen molar-refractivity contribution >= 4 is 16.9 Å². The molecular weight excluding hydrogens is 452 g/mol. The molecule has 1 amide bonds. The van der Waals surface area contributed by atoms with Crippen LogP contribution in [0, 0.1) is 19.8 Å². The van der Waals surface area contributed by atoms with E-state index in [2.05, 4.69) is 18.8 Å². The van der Waals surface area contributed by atoms with E-state index in [1.807, 2.05) is 62.4 Å². The maximum absolute atomic E-state index is 13.9. The zero-order valence-electron chi connectivity index (χ0n) is 21.1. The van der Waals surface area contributed by atoms with Gasteiger partial charge in [-0.25, -0.2) is 0 Å². The number of rotatable bonds is 7. The quantitative estimate of drug-likeness (QED) is 0.324. The lowest BCUT2D eigenvalue weighted by Crippen LogP contribution is -2.29. The van der Waals surface area contributed by atoms with Crippen LogP contribution in [-0.2, 0) is 6.54 Å². The largest absolute Gasteiger partial charge is 0.494 e. The van der Waals surface area contributed by atoms with Gasteiger partial charge in [-0.05, 0) is 72.7 Å². The molecule has 4 aromatic rings. The van der Waals surface area contributed by atoms with Gasteiger partial charge in [0, 0.05) is 18.9 Å². The summed E-state index contributed by atoms with van der Waals surface area (Å²) in [4.78, 5) is 33.5. The van der Waals surface area contributed by atoms with Crippen molar-refractivity contribution in [2.75, 3.05) is 6.61 Å². The first-order valence-electron chi connectivity index (χ1n) is 12.3. The summed E-state index contributed by atoms with van der Waals surface area (Å²) in [6.45, 7) is 9.07. The molecule has 5 rings (SSSR count). The van der Waals surface area contributed by atoms with Crippen molar-refractivity contribution in [2.45, 2.75) is 46.7 Å². The molecule has 3 heterocycles. The molecule has 0 bridgehead atoms. The summed E-state index contributed by atoms with van der Waals surface area (Å²) in [7, 11) is 0. The number of hydrogen-bond donors (Lipinski definition) is 0. The number of pyridine rings is 1. The zero-order valence-corrected chi connectivity index (χ0v) is 21.1. The molecule has 1 aliphatic heterocycles. The van der Waals surface area contributed by atoms with Gasteiger partial charge in [0.05, 0.1) is 23.6 Å². The van der Waals surface area contributed by atoms with Crippen molar-refractivity contribution in [1.29, 1.82) is 0 Å². The van der Waals surface area contributed by atoms with Crippen molar-refractivity contribution < 1.29 is 13.9 Å². The predicted octanol–water partition coefficient (Wildman–Crippen LogP) is 5.98. The third-order valence-corrected chi connectivity index (χ3v) is 6.61. The molecule has 0 saturated carbocycles. The molecule has 0 spiro atoms. The molecule has 0 saturated heterocycles. The summed E-state index contributed by atoms with van der Waals surface area (Å²) in [5, 5.41) is 0.497. The van der Waals surface area contributed by atoms with E-state index in [0.717, 1.165) is 28.7 Å². The van der Waals surface area contributed by atoms with Gasteiger partial charge in [-0.2, -0.15) is 0 Å². The summed E-state index contributed by atoms with van der Waals surface area (Å²) in [5.41, 5.74) is 4.16. The summed E-state index contributed by atoms with van der Waals surface area (Å²) in [6.07, 6.45) is 4.37. The number of aryl methyl sites for hydroxylation is 2. The van der Waals surface area contributed by atoms with Crippen LogP contribution in [-0.4, -0.2) is 22.4 Å². The van der Waals surface area contributed by atoms with Crippen LogP contribution in [0.5, 0.6) is 5.75 Å². The van der Waals surface area contributed by atoms with E-state index in [9.17, 15) is 9.59 Å². The average Bonchev–Trinajstić information content (AvgIpc) is 3.12. The molecule has 6 nitrogen and oxygen atoms in total. The summed E-state index contributed by atoms with van der Waals surface area (Å²) < 4.78 is 12.2. The Morgan fingerprint density at radius 1 is 1.08 bits per heavy atom. The molecule has 1 aliphatic rings. The summed E-state index contributed by atoms with van der Waals surface area (Å²) >= 11 is 0. The van der Waals surface area contributed by atoms with E-state index < -0.39 is 6.04 Å². The molecule has 0 fully saturated rings. The van der Waals surface area contributed by atoms with Gasteiger partial charge in [0.15, 0.2) is 5.43 Å². The van der Waals surface area contributed by atoms with Crippen LogP contribution < -0.4 is 10.2 Å². The first-order valence-corrected chi connectivity index (χ1v) is 12.3. The minimum absolute atomic E-state index is 0.111. The average molecular weight is 483 g/mol. The molecule has 2 aromatic heterocycles. The molecule has 36 heavy (non-hydrogen) atoms. The van der Waals surface area contributed by atoms with E-state index >= 15 is 0 Å². The first-order chi connectivity index (χ1) is 17.3. The Balaban J connectivity index is 1.65. The highest BCUT2D eigenvalue weighted by molar-refractivity contribution is 5.99. The van der Waals surface area contributed by atoms with Crippen molar-refractivity contribution in [3.8, 4) is 5.75 Å². The van der Waals surface area contributed by atoms with Gasteiger partial charge >= 0.3 is 0 Å². The van der Waals surface area contributed by atoms with Crippen molar-refractivity contribution in [1.82, 2.24) is 9.88 Å². The highest BCUT2D eigenvalue weighted by Crippen LogP contribution is 2.40. The van der Waals surface area contributed by atoms with Crippen molar-refractivity contribution in [3.05, 3.63) is 105 Å². The number of benzene rings is 2. The van der Waals surface area contributed by atoms with E-state index in [1.54, 1.807) is 17.3 Å². The maximum Gasteiger partial charge on any atom is 0.291 e. The Labute approximate surface area is 210 Å². The number of hydrogen-bond acceptors (Lipinski definition) is 5. The molecular formula is C30H30N2O4. The second-order valence-corrected chi connectivity index (χ2v) is 9.93. The van der Waals surface area contributed by atoms with Crippen LogP contribution in [0.2, 0.25) is 0 Å². The van der Waals surface area contributed by atoms with Gasteiger partial charge < -0.3 is 14.1 Å². The lowest BCUT2D eigenvalue weighted by Gasteiger charge is -2.25. The Bertz CT molecular complexity index is 1490. The second-order valence-electron chi connectivity index (χ2n) is 9.93. The molecule has 6 heteroatoms. The fourth-order valence-corrected chi connectivity index (χ4v) is 4.86. The molecule has 1 atom stereocenters. The topological polar surface area (TPSA) is 72.6 Å². The second kappa shape index (κ2) is 9.61. The number of carbonyl (C=O) groups excluding carboxylic acids is 1. The number of ether oxygens (including phenoxy) is 1. The van der Waals surface area contributed by atoms with E-state index in [4.69, 9.17) is 9.15 Å². The third-order valence-electron chi connectivity index (χ3n) is 6.61. The fraction of sp³-hybridized carbons (Fsp3) is 0.300. The number of aromatic nitrogens is 1. The van der Waals surface area contributed by atoms with E-state index in [-0.39, 0.29) is 17.1 Å². The fourth-order valence-electron chi connectivity index (χ4n) is 4.86. The summed E-state index contributed by atoms with van der Waals surface area (Å²) in [6, 6.07) is 14.6. The molecule has 184 valence electrons. The van der Waals surface area contributed by atoms with Crippen LogP contribution in [0.25, 0.3) is 11.0 Å². The predicted molar refractivity (Wildman–Crippen MR) is 139 cm³/mol. The molecule has 0 unspecified atom stereocenters. The highest BCUT2D eigenvalue weighted by Gasteiger charge is 2.43. The van der Waals surface area contributed by atoms with Gasteiger partial charge in [0.25, 0.3) is 5.91 Å². The normalized spacial score (nSPS) is 15.1. The Morgan fingerprint density at radius 2 is 1.92 bits per heavy atom. The molecule has 0 radical (unpaired) electrons. The van der Waals surface area contributed by atoms with Gasteiger partial charge in [-0.1, -0.05) is 38.1 Å². The lowest BCUT2D eigenvalue weighted by atomic mass is 9.97. The number of fused-ring (bicyclic) bond motifs is 2. The minimum atomic E-state index is -0.595. The molecule has 0 aliphatic carbocycles. The first kappa shape index (κ1) is 23.8. The van der Waals surface area contributed by atoms with Crippen LogP contribution in [0.15, 0.2) is 70.1 Å². The number of amides is 1. The van der Waals surface area contributed by atoms with E-state index in [1.165, 1.54) is 0 Å². The van der Waals surface area contributed by atoms with Gasteiger partial charge in [-0.3, -0.25) is 14.6 Å². The van der Waals surface area contributed by atoms with Gasteiger partial charge in [0.2, 0.25) is 5.76 Å². The van der Waals surface area contributed by atoms with Crippen LogP contribution in [0.4, 0.5) is 0 Å². The minimum Gasteiger partial charge on any atom is -0.494 e. The Morgan fingerprint density at radius 3 is 2.67 bits per heavy atom. The van der Waals surface area contributed by atoms with Gasteiger partial charge in [-0.15, -0.1) is 0 Å².